The number of benzene rings is 3. The Morgan fingerprint density at radius 1 is 1.04 bits per heavy atom. The van der Waals surface area contributed by atoms with E-state index in [0.717, 1.165) is 23.1 Å². The molecule has 47 heavy (non-hydrogen) atoms. The van der Waals surface area contributed by atoms with Crippen molar-refractivity contribution >= 4 is 11.8 Å². The van der Waals surface area contributed by atoms with Crippen LogP contribution in [0.4, 0.5) is 0 Å². The molecule has 6 rings (SSSR count). The van der Waals surface area contributed by atoms with Crippen molar-refractivity contribution in [1.29, 1.82) is 0 Å². The lowest BCUT2D eigenvalue weighted by atomic mass is 10.00. The van der Waals surface area contributed by atoms with Crippen molar-refractivity contribution < 1.29 is 28.5 Å². The van der Waals surface area contributed by atoms with Gasteiger partial charge in [0.05, 0.1) is 32.4 Å². The van der Waals surface area contributed by atoms with Gasteiger partial charge in [-0.3, -0.25) is 14.5 Å². The molecule has 2 amide bonds. The normalized spacial score (nSPS) is 18.9. The molecule has 0 unspecified atom stereocenters. The van der Waals surface area contributed by atoms with Crippen LogP contribution in [0.25, 0.3) is 11.4 Å². The Labute approximate surface area is 274 Å². The number of hydrogen-bond donors (Lipinski definition) is 2. The molecule has 3 heterocycles. The van der Waals surface area contributed by atoms with E-state index < -0.39 is 6.04 Å². The van der Waals surface area contributed by atoms with Crippen molar-refractivity contribution in [3.63, 3.8) is 0 Å². The first-order valence-corrected chi connectivity index (χ1v) is 15.9. The van der Waals surface area contributed by atoms with E-state index >= 15 is 0 Å². The number of rotatable bonds is 7. The Kier molecular flexibility index (Phi) is 10.5. The van der Waals surface area contributed by atoms with Crippen molar-refractivity contribution in [3.8, 4) is 28.6 Å². The second-order valence-electron chi connectivity index (χ2n) is 11.9. The third-order valence-corrected chi connectivity index (χ3v) is 8.48. The summed E-state index contributed by atoms with van der Waals surface area (Å²) in [6.45, 7) is 3.10. The summed E-state index contributed by atoms with van der Waals surface area (Å²) < 4.78 is 23.6. The number of ether oxygens (including phenoxy) is 4. The van der Waals surface area contributed by atoms with E-state index in [1.165, 1.54) is 0 Å². The number of aromatic amines is 1. The molecule has 3 aromatic carbocycles. The van der Waals surface area contributed by atoms with Crippen molar-refractivity contribution in [2.75, 3.05) is 47.0 Å². The Balaban J connectivity index is 1.25. The first kappa shape index (κ1) is 32.2. The molecule has 1 fully saturated rings. The summed E-state index contributed by atoms with van der Waals surface area (Å²) in [5.74, 6) is 2.37. The van der Waals surface area contributed by atoms with Crippen LogP contribution in [0.3, 0.4) is 0 Å². The zero-order valence-electron chi connectivity index (χ0n) is 26.8. The largest absolute Gasteiger partial charge is 0.493 e. The molecule has 0 saturated carbocycles. The van der Waals surface area contributed by atoms with Gasteiger partial charge in [0.1, 0.15) is 11.6 Å². The number of carbonyl (C=O) groups is 2. The van der Waals surface area contributed by atoms with Crippen molar-refractivity contribution in [1.82, 2.24) is 25.1 Å². The van der Waals surface area contributed by atoms with Gasteiger partial charge in [0, 0.05) is 63.4 Å². The number of fused-ring (bicyclic) bond motifs is 5. The number of nitrogens with one attached hydrogen (secondary N) is 2. The first-order chi connectivity index (χ1) is 23.0. The van der Waals surface area contributed by atoms with Gasteiger partial charge in [-0.25, -0.2) is 4.98 Å². The smallest absolute Gasteiger partial charge is 0.253 e. The quantitative estimate of drug-likeness (QED) is 0.281. The average molecular weight is 640 g/mol. The van der Waals surface area contributed by atoms with E-state index in [-0.39, 0.29) is 24.5 Å². The molecular formula is C36H41N5O6. The zero-order valence-corrected chi connectivity index (χ0v) is 26.8. The van der Waals surface area contributed by atoms with Crippen LogP contribution < -0.4 is 14.8 Å². The van der Waals surface area contributed by atoms with Crippen LogP contribution in [0.5, 0.6) is 17.2 Å². The summed E-state index contributed by atoms with van der Waals surface area (Å²) in [7, 11) is 3.29. The molecule has 2 atom stereocenters. The molecule has 246 valence electrons. The lowest BCUT2D eigenvalue weighted by Crippen LogP contribution is -2.58. The van der Waals surface area contributed by atoms with Gasteiger partial charge in [0.25, 0.3) is 5.91 Å². The number of piperidine rings is 1. The van der Waals surface area contributed by atoms with E-state index in [1.54, 1.807) is 31.5 Å². The number of nitrogens with zero attached hydrogens (tertiary/aromatic N) is 3. The fourth-order valence-corrected chi connectivity index (χ4v) is 6.15. The van der Waals surface area contributed by atoms with E-state index in [4.69, 9.17) is 18.9 Å². The average Bonchev–Trinajstić information content (AvgIpc) is 3.63. The van der Waals surface area contributed by atoms with Crippen molar-refractivity contribution in [2.45, 2.75) is 38.1 Å². The van der Waals surface area contributed by atoms with Crippen LogP contribution in [0, 0.1) is 0 Å². The third kappa shape index (κ3) is 8.18. The lowest BCUT2D eigenvalue weighted by Gasteiger charge is -2.39. The van der Waals surface area contributed by atoms with Crippen LogP contribution in [-0.4, -0.2) is 90.7 Å². The number of aromatic nitrogens is 2. The molecule has 11 heteroatoms. The van der Waals surface area contributed by atoms with E-state index in [0.29, 0.717) is 74.5 Å². The number of imidazole rings is 1. The highest BCUT2D eigenvalue weighted by Gasteiger charge is 2.34. The summed E-state index contributed by atoms with van der Waals surface area (Å²) >= 11 is 0. The second-order valence-corrected chi connectivity index (χ2v) is 11.9. The minimum absolute atomic E-state index is 0.0976. The maximum Gasteiger partial charge on any atom is 0.253 e. The molecule has 0 aliphatic carbocycles. The fourth-order valence-electron chi connectivity index (χ4n) is 6.15. The first-order valence-electron chi connectivity index (χ1n) is 15.9. The van der Waals surface area contributed by atoms with Gasteiger partial charge in [-0.2, -0.15) is 0 Å². The van der Waals surface area contributed by atoms with Gasteiger partial charge in [-0.15, -0.1) is 0 Å². The van der Waals surface area contributed by atoms with Gasteiger partial charge in [-0.1, -0.05) is 30.3 Å². The predicted octanol–water partition coefficient (Wildman–Crippen LogP) is 4.65. The molecule has 4 bridgehead atoms. The number of hydrogen-bond acceptors (Lipinski definition) is 8. The number of amides is 2. The van der Waals surface area contributed by atoms with Crippen LogP contribution in [0.2, 0.25) is 0 Å². The second kappa shape index (κ2) is 15.3. The number of likely N-dealkylation sites (tertiary alicyclic amines) is 1. The standard InChI is InChI=1S/C36H41N5O6/c1-44-17-5-15-40-21-25-10-11-32(45-2)33(19-25)47-29-9-3-6-26(18-29)24-46-31-12-16-41(22-30(31)39-34(42)23-40)36(43)28-8-4-7-27(20-28)35-37-13-14-38-35/h3-4,6-11,13-14,18-20,30-31H,5,12,15-17,21-24H2,1-2H3,(H,37,38)(H,39,42)/t30-,31+/m0/s1. The van der Waals surface area contributed by atoms with Crippen LogP contribution in [-0.2, 0) is 27.4 Å². The van der Waals surface area contributed by atoms with Crippen LogP contribution in [0.15, 0.2) is 79.1 Å². The Hall–Kier alpha value is -4.71. The zero-order chi connectivity index (χ0) is 32.6. The molecule has 2 N–H and O–H groups in total. The van der Waals surface area contributed by atoms with Crippen LogP contribution >= 0.6 is 0 Å². The Morgan fingerprint density at radius 3 is 2.77 bits per heavy atom. The molecule has 2 aliphatic rings. The summed E-state index contributed by atoms with van der Waals surface area (Å²) in [6.07, 6.45) is 4.49. The van der Waals surface area contributed by atoms with E-state index in [2.05, 4.69) is 20.2 Å². The van der Waals surface area contributed by atoms with Gasteiger partial charge in [0.2, 0.25) is 5.91 Å². The van der Waals surface area contributed by atoms with Crippen molar-refractivity contribution in [3.05, 3.63) is 95.8 Å². The van der Waals surface area contributed by atoms with Gasteiger partial charge in [-0.05, 0) is 60.4 Å². The molecular weight excluding hydrogens is 598 g/mol. The molecule has 2 aliphatic heterocycles. The molecule has 1 aromatic heterocycles. The molecule has 0 radical (unpaired) electrons. The SMILES string of the molecule is COCCCN1CC(=O)N[C@H]2CN(C(=O)c3cccc(-c4ncc[nH]4)c3)CC[C@H]2OCc2cccc(c2)Oc2cc(ccc2OC)C1. The maximum atomic E-state index is 13.8. The number of carbonyl (C=O) groups excluding carboxylic acids is 2. The fraction of sp³-hybridized carbons (Fsp3) is 0.361. The lowest BCUT2D eigenvalue weighted by molar-refractivity contribution is -0.125. The van der Waals surface area contributed by atoms with E-state index in [9.17, 15) is 9.59 Å². The third-order valence-electron chi connectivity index (χ3n) is 8.48. The Bertz CT molecular complexity index is 1660. The minimum Gasteiger partial charge on any atom is -0.493 e. The topological polar surface area (TPSA) is 118 Å². The Morgan fingerprint density at radius 2 is 1.94 bits per heavy atom. The van der Waals surface area contributed by atoms with E-state index in [1.807, 2.05) is 66.7 Å². The van der Waals surface area contributed by atoms with Gasteiger partial charge in [0.15, 0.2) is 11.5 Å². The molecule has 11 nitrogen and oxygen atoms in total. The predicted molar refractivity (Wildman–Crippen MR) is 176 cm³/mol. The summed E-state index contributed by atoms with van der Waals surface area (Å²) in [5, 5.41) is 3.23. The summed E-state index contributed by atoms with van der Waals surface area (Å²) in [6, 6.07) is 20.6. The summed E-state index contributed by atoms with van der Waals surface area (Å²) in [5.41, 5.74) is 3.33. The molecule has 1 saturated heterocycles. The number of H-pyrrole nitrogens is 1. The highest BCUT2D eigenvalue weighted by Crippen LogP contribution is 2.33. The maximum absolute atomic E-state index is 13.8. The monoisotopic (exact) mass is 639 g/mol. The minimum atomic E-state index is -0.394. The van der Waals surface area contributed by atoms with Crippen LogP contribution in [0.1, 0.15) is 34.3 Å². The van der Waals surface area contributed by atoms with Gasteiger partial charge >= 0.3 is 0 Å². The molecule has 4 aromatic rings. The number of methoxy groups -OCH3 is 2. The van der Waals surface area contributed by atoms with Gasteiger partial charge < -0.3 is 34.1 Å². The molecule has 0 spiro atoms. The summed E-state index contributed by atoms with van der Waals surface area (Å²) in [4.78, 5) is 38.7. The highest BCUT2D eigenvalue weighted by molar-refractivity contribution is 5.95. The highest BCUT2D eigenvalue weighted by atomic mass is 16.5. The van der Waals surface area contributed by atoms with Crippen molar-refractivity contribution in [2.24, 2.45) is 0 Å².